The molecule has 0 saturated carbocycles. The van der Waals surface area contributed by atoms with Crippen LogP contribution in [0, 0.1) is 0 Å². The molecule has 2 aromatic rings. The summed E-state index contributed by atoms with van der Waals surface area (Å²) in [6.07, 6.45) is 3.44. The van der Waals surface area contributed by atoms with Gasteiger partial charge in [-0.25, -0.2) is 0 Å². The second kappa shape index (κ2) is 10.7. The van der Waals surface area contributed by atoms with Gasteiger partial charge in [0, 0.05) is 56.0 Å². The summed E-state index contributed by atoms with van der Waals surface area (Å²) in [5.74, 6) is 0.233. The number of hydrogen-bond donors (Lipinski definition) is 1. The predicted molar refractivity (Wildman–Crippen MR) is 120 cm³/mol. The van der Waals surface area contributed by atoms with E-state index in [-0.39, 0.29) is 5.78 Å². The zero-order chi connectivity index (χ0) is 21.5. The Kier molecular flexibility index (Phi) is 7.48. The molecule has 0 aliphatic carbocycles. The molecular weight excluding hydrogens is 392 g/mol. The smallest absolute Gasteiger partial charge is 0.185 e. The third-order valence-corrected chi connectivity index (χ3v) is 5.77. The number of ketones is 1. The fraction of sp³-hybridized carbons (Fsp3) is 0.400. The number of hydrogen-bond acceptors (Lipinski definition) is 6. The van der Waals surface area contributed by atoms with E-state index in [4.69, 9.17) is 9.47 Å². The molecule has 1 N–H and O–H groups in total. The second-order valence-corrected chi connectivity index (χ2v) is 8.03. The van der Waals surface area contributed by atoms with E-state index < -0.39 is 0 Å². The maximum absolute atomic E-state index is 13.0. The Morgan fingerprint density at radius 2 is 1.39 bits per heavy atom. The average Bonchev–Trinajstić information content (AvgIpc) is 2.82. The van der Waals surface area contributed by atoms with Crippen molar-refractivity contribution in [2.24, 2.45) is 0 Å². The summed E-state index contributed by atoms with van der Waals surface area (Å²) >= 11 is 0. The Balaban J connectivity index is 1.59. The highest BCUT2D eigenvalue weighted by molar-refractivity contribution is 6.07. The first-order chi connectivity index (χ1) is 15.2. The summed E-state index contributed by atoms with van der Waals surface area (Å²) < 4.78 is 10.9. The summed E-state index contributed by atoms with van der Waals surface area (Å²) in [7, 11) is 0. The summed E-state index contributed by atoms with van der Waals surface area (Å²) in [4.78, 5) is 17.5. The number of nitrogens with zero attached hydrogens (tertiary/aromatic N) is 2. The summed E-state index contributed by atoms with van der Waals surface area (Å²) in [5, 5.41) is 11.0. The van der Waals surface area contributed by atoms with Gasteiger partial charge in [-0.3, -0.25) is 14.6 Å². The molecule has 0 atom stereocenters. The minimum absolute atomic E-state index is 0.0599. The summed E-state index contributed by atoms with van der Waals surface area (Å²) in [6.45, 7) is 7.28. The maximum atomic E-state index is 13.0. The van der Waals surface area contributed by atoms with Crippen molar-refractivity contribution in [3.63, 3.8) is 0 Å². The van der Waals surface area contributed by atoms with E-state index in [0.29, 0.717) is 50.8 Å². The first-order valence-electron chi connectivity index (χ1n) is 10.9. The molecule has 2 heterocycles. The molecule has 0 unspecified atom stereocenters. The Labute approximate surface area is 183 Å². The van der Waals surface area contributed by atoms with Crippen LogP contribution < -0.4 is 0 Å². The SMILES string of the molecule is O=C(/C=C\c1ccccc1)c1cc(CN2CCOCC2)c(O)c(CN2CCOCC2)c1. The minimum Gasteiger partial charge on any atom is -0.507 e. The molecule has 164 valence electrons. The third-order valence-electron chi connectivity index (χ3n) is 5.77. The van der Waals surface area contributed by atoms with Crippen LogP contribution in [0.25, 0.3) is 6.08 Å². The molecule has 4 rings (SSSR count). The highest BCUT2D eigenvalue weighted by Gasteiger charge is 2.20. The van der Waals surface area contributed by atoms with Crippen molar-refractivity contribution < 1.29 is 19.4 Å². The molecule has 0 radical (unpaired) electrons. The monoisotopic (exact) mass is 422 g/mol. The molecule has 2 aliphatic rings. The molecule has 0 bridgehead atoms. The van der Waals surface area contributed by atoms with Crippen LogP contribution >= 0.6 is 0 Å². The lowest BCUT2D eigenvalue weighted by atomic mass is 9.99. The van der Waals surface area contributed by atoms with E-state index in [9.17, 15) is 9.90 Å². The van der Waals surface area contributed by atoms with Gasteiger partial charge in [0.1, 0.15) is 5.75 Å². The number of benzene rings is 2. The molecule has 0 spiro atoms. The van der Waals surface area contributed by atoms with Crippen LogP contribution in [-0.4, -0.2) is 73.3 Å². The number of carbonyl (C=O) groups excluding carboxylic acids is 1. The van der Waals surface area contributed by atoms with Crippen molar-refractivity contribution in [1.29, 1.82) is 0 Å². The fourth-order valence-electron chi connectivity index (χ4n) is 3.98. The molecule has 6 heteroatoms. The molecule has 2 aliphatic heterocycles. The normalized spacial score (nSPS) is 18.5. The maximum Gasteiger partial charge on any atom is 0.185 e. The van der Waals surface area contributed by atoms with Gasteiger partial charge in [0.25, 0.3) is 0 Å². The lowest BCUT2D eigenvalue weighted by Crippen LogP contribution is -2.36. The van der Waals surface area contributed by atoms with E-state index in [2.05, 4.69) is 9.80 Å². The number of phenols is 1. The van der Waals surface area contributed by atoms with Crippen LogP contribution in [0.4, 0.5) is 0 Å². The molecule has 2 aromatic carbocycles. The van der Waals surface area contributed by atoms with Crippen molar-refractivity contribution in [2.75, 3.05) is 52.6 Å². The van der Waals surface area contributed by atoms with Crippen molar-refractivity contribution in [2.45, 2.75) is 13.1 Å². The van der Waals surface area contributed by atoms with Gasteiger partial charge >= 0.3 is 0 Å². The Hall–Kier alpha value is -2.51. The lowest BCUT2D eigenvalue weighted by molar-refractivity contribution is 0.0327. The lowest BCUT2D eigenvalue weighted by Gasteiger charge is -2.29. The van der Waals surface area contributed by atoms with Crippen LogP contribution in [0.15, 0.2) is 48.5 Å². The molecule has 0 amide bonds. The number of carbonyl (C=O) groups is 1. The van der Waals surface area contributed by atoms with E-state index in [1.54, 1.807) is 6.08 Å². The van der Waals surface area contributed by atoms with Gasteiger partial charge in [0.15, 0.2) is 5.78 Å². The number of rotatable bonds is 7. The van der Waals surface area contributed by atoms with Gasteiger partial charge in [-0.2, -0.15) is 0 Å². The first-order valence-corrected chi connectivity index (χ1v) is 10.9. The highest BCUT2D eigenvalue weighted by Crippen LogP contribution is 2.28. The van der Waals surface area contributed by atoms with E-state index in [1.807, 2.05) is 48.5 Å². The number of aromatic hydroxyl groups is 1. The summed E-state index contributed by atoms with van der Waals surface area (Å²) in [6, 6.07) is 13.5. The molecule has 2 fully saturated rings. The van der Waals surface area contributed by atoms with Crippen molar-refractivity contribution >= 4 is 11.9 Å². The summed E-state index contributed by atoms with van der Waals surface area (Å²) in [5.41, 5.74) is 3.18. The quantitative estimate of drug-likeness (QED) is 0.547. The molecule has 2 saturated heterocycles. The molecular formula is C25H30N2O4. The van der Waals surface area contributed by atoms with Crippen LogP contribution in [-0.2, 0) is 22.6 Å². The minimum atomic E-state index is -0.0599. The topological polar surface area (TPSA) is 62.2 Å². The van der Waals surface area contributed by atoms with Crippen LogP contribution in [0.2, 0.25) is 0 Å². The van der Waals surface area contributed by atoms with Crippen molar-refractivity contribution in [3.8, 4) is 5.75 Å². The largest absolute Gasteiger partial charge is 0.507 e. The first kappa shape index (κ1) is 21.7. The van der Waals surface area contributed by atoms with E-state index in [1.165, 1.54) is 0 Å². The molecule has 31 heavy (non-hydrogen) atoms. The van der Waals surface area contributed by atoms with Gasteiger partial charge in [0.2, 0.25) is 0 Å². The van der Waals surface area contributed by atoms with Gasteiger partial charge in [-0.1, -0.05) is 36.4 Å². The Bertz CT molecular complexity index is 860. The van der Waals surface area contributed by atoms with Crippen molar-refractivity contribution in [1.82, 2.24) is 9.80 Å². The number of ether oxygens (including phenoxy) is 2. The number of morpholine rings is 2. The molecule has 0 aromatic heterocycles. The third kappa shape index (κ3) is 6.02. The van der Waals surface area contributed by atoms with Crippen LogP contribution in [0.1, 0.15) is 27.0 Å². The molecule has 6 nitrogen and oxygen atoms in total. The van der Waals surface area contributed by atoms with Gasteiger partial charge in [0.05, 0.1) is 26.4 Å². The Morgan fingerprint density at radius 3 is 1.90 bits per heavy atom. The zero-order valence-corrected chi connectivity index (χ0v) is 17.8. The highest BCUT2D eigenvalue weighted by atomic mass is 16.5. The predicted octanol–water partition coefficient (Wildman–Crippen LogP) is 2.95. The number of allylic oxidation sites excluding steroid dienone is 1. The van der Waals surface area contributed by atoms with Gasteiger partial charge < -0.3 is 14.6 Å². The van der Waals surface area contributed by atoms with Crippen LogP contribution in [0.5, 0.6) is 5.75 Å². The average molecular weight is 423 g/mol. The van der Waals surface area contributed by atoms with E-state index in [0.717, 1.165) is 42.9 Å². The zero-order valence-electron chi connectivity index (χ0n) is 17.8. The number of phenolic OH excluding ortho intramolecular Hbond substituents is 1. The van der Waals surface area contributed by atoms with Gasteiger partial charge in [-0.05, 0) is 23.8 Å². The fourth-order valence-corrected chi connectivity index (χ4v) is 3.98. The Morgan fingerprint density at radius 1 is 0.871 bits per heavy atom. The van der Waals surface area contributed by atoms with Gasteiger partial charge in [-0.15, -0.1) is 0 Å². The second-order valence-electron chi connectivity index (χ2n) is 8.03. The standard InChI is InChI=1S/C25H30N2O4/c28-24(7-6-20-4-2-1-3-5-20)21-16-22(18-26-8-12-30-13-9-26)25(29)23(17-21)19-27-10-14-31-15-11-27/h1-7,16-17,29H,8-15,18-19H2/b7-6-. The van der Waals surface area contributed by atoms with E-state index >= 15 is 0 Å². The van der Waals surface area contributed by atoms with Crippen molar-refractivity contribution in [3.05, 3.63) is 70.8 Å². The van der Waals surface area contributed by atoms with Crippen LogP contribution in [0.3, 0.4) is 0 Å².